The summed E-state index contributed by atoms with van der Waals surface area (Å²) in [5.74, 6) is 1.70. The van der Waals surface area contributed by atoms with Crippen LogP contribution >= 0.6 is 0 Å². The molecule has 6 heteroatoms. The van der Waals surface area contributed by atoms with Gasteiger partial charge in [-0.1, -0.05) is 133 Å². The van der Waals surface area contributed by atoms with Crippen molar-refractivity contribution in [3.8, 4) is 62.1 Å². The van der Waals surface area contributed by atoms with Crippen LogP contribution in [0.2, 0.25) is 0 Å². The van der Waals surface area contributed by atoms with Gasteiger partial charge in [-0.05, 0) is 89.0 Å². The lowest BCUT2D eigenvalue weighted by atomic mass is 9.98. The zero-order valence-corrected chi connectivity index (χ0v) is 33.7. The van der Waals surface area contributed by atoms with E-state index in [-0.39, 0.29) is 0 Å². The molecule has 0 unspecified atom stereocenters. The molecule has 13 aromatic rings. The summed E-state index contributed by atoms with van der Waals surface area (Å²) in [6.07, 6.45) is 0. The van der Waals surface area contributed by atoms with E-state index in [4.69, 9.17) is 23.8 Å². The third kappa shape index (κ3) is 5.84. The largest absolute Gasteiger partial charge is 0.456 e. The predicted molar refractivity (Wildman–Crippen MR) is 256 cm³/mol. The fourth-order valence-corrected chi connectivity index (χ4v) is 9.20. The third-order valence-electron chi connectivity index (χ3n) is 12.3. The second-order valence-electron chi connectivity index (χ2n) is 16.0. The molecule has 4 heterocycles. The number of furan rings is 2. The van der Waals surface area contributed by atoms with Crippen molar-refractivity contribution in [1.29, 1.82) is 0 Å². The van der Waals surface area contributed by atoms with Gasteiger partial charge < -0.3 is 13.4 Å². The minimum absolute atomic E-state index is 0.555. The van der Waals surface area contributed by atoms with Crippen LogP contribution in [-0.4, -0.2) is 19.5 Å². The molecule has 0 aliphatic heterocycles. The molecule has 0 aliphatic rings. The van der Waals surface area contributed by atoms with Crippen molar-refractivity contribution in [3.63, 3.8) is 0 Å². The van der Waals surface area contributed by atoms with E-state index in [1.165, 1.54) is 21.9 Å². The van der Waals surface area contributed by atoms with E-state index in [0.29, 0.717) is 17.5 Å². The maximum atomic E-state index is 6.65. The van der Waals surface area contributed by atoms with Crippen LogP contribution in [-0.2, 0) is 0 Å². The second kappa shape index (κ2) is 14.0. The number of hydrogen-bond donors (Lipinski definition) is 0. The monoisotopic (exact) mass is 806 g/mol. The van der Waals surface area contributed by atoms with Gasteiger partial charge in [0.15, 0.2) is 17.5 Å². The molecule has 9 aromatic carbocycles. The Bertz CT molecular complexity index is 3870. The number of aromatic nitrogens is 4. The lowest BCUT2D eigenvalue weighted by molar-refractivity contribution is 0.668. The SMILES string of the molecule is c1ccc(-c2cccc(-c3ccc4oc5cc(-c6nc(-c7ccccc7)nc(-c7ccc8c(c7)oc7cc(-n9c%10ccccc%10c%10ccccc%109)ccc78)n6)ccc5c4c3)c2)cc1. The number of benzene rings is 9. The van der Waals surface area contributed by atoms with Gasteiger partial charge >= 0.3 is 0 Å². The first kappa shape index (κ1) is 35.2. The first-order valence-electron chi connectivity index (χ1n) is 21.1. The zero-order valence-electron chi connectivity index (χ0n) is 33.7. The quantitative estimate of drug-likeness (QED) is 0.167. The summed E-state index contributed by atoms with van der Waals surface area (Å²) in [5, 5.41) is 6.62. The number of para-hydroxylation sites is 2. The molecule has 13 rings (SSSR count). The highest BCUT2D eigenvalue weighted by Gasteiger charge is 2.18. The first-order valence-corrected chi connectivity index (χ1v) is 21.1. The normalized spacial score (nSPS) is 11.8. The third-order valence-corrected chi connectivity index (χ3v) is 12.3. The van der Waals surface area contributed by atoms with Crippen molar-refractivity contribution < 1.29 is 8.83 Å². The molecule has 0 fully saturated rings. The van der Waals surface area contributed by atoms with Gasteiger partial charge in [-0.2, -0.15) is 0 Å². The van der Waals surface area contributed by atoms with E-state index < -0.39 is 0 Å². The smallest absolute Gasteiger partial charge is 0.164 e. The van der Waals surface area contributed by atoms with Gasteiger partial charge in [-0.3, -0.25) is 0 Å². The van der Waals surface area contributed by atoms with Crippen molar-refractivity contribution in [2.75, 3.05) is 0 Å². The van der Waals surface area contributed by atoms with Crippen LogP contribution in [0.15, 0.2) is 215 Å². The molecule has 0 N–H and O–H groups in total. The summed E-state index contributed by atoms with van der Waals surface area (Å²) >= 11 is 0. The summed E-state index contributed by atoms with van der Waals surface area (Å²) in [6, 6.07) is 71.6. The fraction of sp³-hybridized carbons (Fsp3) is 0. The van der Waals surface area contributed by atoms with Gasteiger partial charge in [0.25, 0.3) is 0 Å². The Labute approximate surface area is 361 Å². The molecule has 0 amide bonds. The predicted octanol–water partition coefficient (Wildman–Crippen LogP) is 15.1. The van der Waals surface area contributed by atoms with Gasteiger partial charge in [0, 0.05) is 60.8 Å². The maximum absolute atomic E-state index is 6.65. The summed E-state index contributed by atoms with van der Waals surface area (Å²) in [5.41, 5.74) is 13.8. The molecule has 0 bridgehead atoms. The lowest BCUT2D eigenvalue weighted by Crippen LogP contribution is -2.00. The van der Waals surface area contributed by atoms with Gasteiger partial charge in [0.1, 0.15) is 22.3 Å². The molecule has 294 valence electrons. The number of nitrogens with zero attached hydrogens (tertiary/aromatic N) is 4. The van der Waals surface area contributed by atoms with Crippen LogP contribution < -0.4 is 0 Å². The Morgan fingerprint density at radius 3 is 1.38 bits per heavy atom. The average Bonchev–Trinajstić information content (AvgIpc) is 4.02. The van der Waals surface area contributed by atoms with Crippen molar-refractivity contribution in [1.82, 2.24) is 19.5 Å². The minimum atomic E-state index is 0.555. The molecule has 0 atom stereocenters. The second-order valence-corrected chi connectivity index (χ2v) is 16.0. The van der Waals surface area contributed by atoms with Gasteiger partial charge in [-0.25, -0.2) is 15.0 Å². The average molecular weight is 807 g/mol. The standard InChI is InChI=1S/C57H34N4O2/c1-3-12-35(13-4-1)37-16-11-17-38(30-37)39-24-29-51-48(31-39)47-27-23-41(33-53(47)62-51)57-59-55(36-14-5-2-6-15-36)58-56(60-57)40-22-26-45-46-28-25-42(34-54(46)63-52(45)32-40)61-49-20-9-7-18-43(49)44-19-8-10-21-50(44)61/h1-34H. The Hall–Kier alpha value is -8.61. The van der Waals surface area contributed by atoms with E-state index in [9.17, 15) is 0 Å². The summed E-state index contributed by atoms with van der Waals surface area (Å²) < 4.78 is 15.5. The van der Waals surface area contributed by atoms with Crippen LogP contribution in [0.4, 0.5) is 0 Å². The van der Waals surface area contributed by atoms with E-state index in [1.807, 2.05) is 48.5 Å². The van der Waals surface area contributed by atoms with E-state index in [2.05, 4.69) is 162 Å². The Balaban J connectivity index is 0.893. The van der Waals surface area contributed by atoms with Gasteiger partial charge in [0.05, 0.1) is 11.0 Å². The Morgan fingerprint density at radius 1 is 0.270 bits per heavy atom. The van der Waals surface area contributed by atoms with Crippen LogP contribution in [0.25, 0.3) is 128 Å². The Kier molecular flexibility index (Phi) is 7.80. The fourth-order valence-electron chi connectivity index (χ4n) is 9.20. The van der Waals surface area contributed by atoms with E-state index in [0.717, 1.165) is 88.4 Å². The number of rotatable bonds is 6. The number of fused-ring (bicyclic) bond motifs is 9. The van der Waals surface area contributed by atoms with Crippen LogP contribution in [0.3, 0.4) is 0 Å². The lowest BCUT2D eigenvalue weighted by Gasteiger charge is -2.08. The molecule has 6 nitrogen and oxygen atoms in total. The summed E-state index contributed by atoms with van der Waals surface area (Å²) in [7, 11) is 0. The molecular weight excluding hydrogens is 773 g/mol. The van der Waals surface area contributed by atoms with E-state index in [1.54, 1.807) is 0 Å². The van der Waals surface area contributed by atoms with Crippen molar-refractivity contribution >= 4 is 65.7 Å². The molecule has 0 spiro atoms. The first-order chi connectivity index (χ1) is 31.2. The van der Waals surface area contributed by atoms with Crippen molar-refractivity contribution in [2.24, 2.45) is 0 Å². The van der Waals surface area contributed by atoms with Crippen LogP contribution in [0.5, 0.6) is 0 Å². The highest BCUT2D eigenvalue weighted by molar-refractivity contribution is 6.11. The Morgan fingerprint density at radius 2 is 0.730 bits per heavy atom. The molecule has 0 saturated carbocycles. The van der Waals surface area contributed by atoms with Crippen molar-refractivity contribution in [2.45, 2.75) is 0 Å². The number of hydrogen-bond acceptors (Lipinski definition) is 5. The molecule has 0 radical (unpaired) electrons. The van der Waals surface area contributed by atoms with Gasteiger partial charge in [-0.15, -0.1) is 0 Å². The zero-order chi connectivity index (χ0) is 41.4. The van der Waals surface area contributed by atoms with E-state index >= 15 is 0 Å². The topological polar surface area (TPSA) is 69.9 Å². The minimum Gasteiger partial charge on any atom is -0.456 e. The molecule has 63 heavy (non-hydrogen) atoms. The summed E-state index contributed by atoms with van der Waals surface area (Å²) in [4.78, 5) is 15.2. The molecule has 0 aliphatic carbocycles. The highest BCUT2D eigenvalue weighted by atomic mass is 16.3. The van der Waals surface area contributed by atoms with Crippen LogP contribution in [0.1, 0.15) is 0 Å². The molecule has 0 saturated heterocycles. The molecular formula is C57H34N4O2. The summed E-state index contributed by atoms with van der Waals surface area (Å²) in [6.45, 7) is 0. The maximum Gasteiger partial charge on any atom is 0.164 e. The van der Waals surface area contributed by atoms with Crippen molar-refractivity contribution in [3.05, 3.63) is 206 Å². The highest BCUT2D eigenvalue weighted by Crippen LogP contribution is 2.39. The van der Waals surface area contributed by atoms with Gasteiger partial charge in [0.2, 0.25) is 0 Å². The molecule has 4 aromatic heterocycles. The van der Waals surface area contributed by atoms with Crippen LogP contribution in [0, 0.1) is 0 Å².